The van der Waals surface area contributed by atoms with Crippen LogP contribution >= 0.6 is 0 Å². The molecule has 0 spiro atoms. The molecule has 1 aliphatic rings. The fraction of sp³-hybridized carbons (Fsp3) is 0.583. The van der Waals surface area contributed by atoms with E-state index in [1.54, 1.807) is 12.3 Å². The van der Waals surface area contributed by atoms with Gasteiger partial charge in [0.15, 0.2) is 0 Å². The van der Waals surface area contributed by atoms with Crippen molar-refractivity contribution >= 4 is 11.6 Å². The highest BCUT2D eigenvalue weighted by molar-refractivity contribution is 5.93. The van der Waals surface area contributed by atoms with Gasteiger partial charge in [-0.05, 0) is 39.4 Å². The number of nitrogens with two attached hydrogens (primary N) is 1. The third-order valence-electron chi connectivity index (χ3n) is 3.76. The lowest BCUT2D eigenvalue weighted by molar-refractivity contribution is 0.0556. The molecule has 94 valence electrons. The van der Waals surface area contributed by atoms with Crippen molar-refractivity contribution in [2.75, 3.05) is 26.4 Å². The number of nitrogens with one attached hydrogen (secondary N) is 2. The molecule has 0 unspecified atom stereocenters. The highest BCUT2D eigenvalue weighted by Crippen LogP contribution is 2.35. The summed E-state index contributed by atoms with van der Waals surface area (Å²) in [6.45, 7) is 0.692. The van der Waals surface area contributed by atoms with Gasteiger partial charge in [0.05, 0.1) is 0 Å². The Morgan fingerprint density at radius 1 is 1.59 bits per heavy atom. The van der Waals surface area contributed by atoms with Gasteiger partial charge in [0.2, 0.25) is 0 Å². The van der Waals surface area contributed by atoms with Crippen molar-refractivity contribution in [2.24, 2.45) is 0 Å². The van der Waals surface area contributed by atoms with Crippen molar-refractivity contribution < 1.29 is 4.79 Å². The smallest absolute Gasteiger partial charge is 0.267 e. The highest BCUT2D eigenvalue weighted by Gasteiger charge is 2.39. The van der Waals surface area contributed by atoms with E-state index in [0.29, 0.717) is 17.9 Å². The summed E-state index contributed by atoms with van der Waals surface area (Å²) in [6.07, 6.45) is 5.16. The molecule has 17 heavy (non-hydrogen) atoms. The SMILES string of the molecule is CN(C)C1(CNC(=O)c2cc(N)c[nH]2)CCC1. The van der Waals surface area contributed by atoms with E-state index in [4.69, 9.17) is 5.73 Å². The Balaban J connectivity index is 1.92. The summed E-state index contributed by atoms with van der Waals surface area (Å²) in [6, 6.07) is 1.65. The summed E-state index contributed by atoms with van der Waals surface area (Å²) in [5.74, 6) is -0.0881. The van der Waals surface area contributed by atoms with Crippen molar-refractivity contribution in [1.29, 1.82) is 0 Å². The zero-order chi connectivity index (χ0) is 12.5. The lowest BCUT2D eigenvalue weighted by Crippen LogP contribution is -2.57. The van der Waals surface area contributed by atoms with Crippen molar-refractivity contribution in [2.45, 2.75) is 24.8 Å². The molecule has 0 bridgehead atoms. The zero-order valence-corrected chi connectivity index (χ0v) is 10.4. The first-order valence-electron chi connectivity index (χ1n) is 5.93. The number of carbonyl (C=O) groups is 1. The van der Waals surface area contributed by atoms with Gasteiger partial charge in [-0.15, -0.1) is 0 Å². The second kappa shape index (κ2) is 4.41. The normalized spacial score (nSPS) is 17.8. The highest BCUT2D eigenvalue weighted by atomic mass is 16.1. The standard InChI is InChI=1S/C12H20N4O/c1-16(2)12(4-3-5-12)8-15-11(17)10-6-9(13)7-14-10/h6-7,14H,3-5,8,13H2,1-2H3,(H,15,17). The van der Waals surface area contributed by atoms with E-state index >= 15 is 0 Å². The van der Waals surface area contributed by atoms with Crippen LogP contribution in [0, 0.1) is 0 Å². The van der Waals surface area contributed by atoms with Gasteiger partial charge >= 0.3 is 0 Å². The van der Waals surface area contributed by atoms with Crippen LogP contribution in [0.15, 0.2) is 12.3 Å². The topological polar surface area (TPSA) is 74.2 Å². The van der Waals surface area contributed by atoms with E-state index in [9.17, 15) is 4.79 Å². The van der Waals surface area contributed by atoms with Crippen LogP contribution in [0.2, 0.25) is 0 Å². The second-order valence-corrected chi connectivity index (χ2v) is 5.00. The molecule has 1 aliphatic carbocycles. The van der Waals surface area contributed by atoms with Crippen LogP contribution in [0.1, 0.15) is 29.8 Å². The molecule has 1 heterocycles. The molecule has 0 radical (unpaired) electrons. The number of likely N-dealkylation sites (N-methyl/N-ethyl adjacent to an activating group) is 1. The van der Waals surface area contributed by atoms with E-state index in [2.05, 4.69) is 29.3 Å². The maximum Gasteiger partial charge on any atom is 0.267 e. The molecule has 0 aliphatic heterocycles. The van der Waals surface area contributed by atoms with Gasteiger partial charge in [0, 0.05) is 24.0 Å². The van der Waals surface area contributed by atoms with Gasteiger partial charge in [0.25, 0.3) is 5.91 Å². The van der Waals surface area contributed by atoms with Gasteiger partial charge in [0.1, 0.15) is 5.69 Å². The average molecular weight is 236 g/mol. The molecule has 4 N–H and O–H groups in total. The zero-order valence-electron chi connectivity index (χ0n) is 10.4. The Morgan fingerprint density at radius 2 is 2.29 bits per heavy atom. The number of nitrogens with zero attached hydrogens (tertiary/aromatic N) is 1. The third kappa shape index (κ3) is 2.29. The molecule has 0 saturated heterocycles. The van der Waals surface area contributed by atoms with Crippen LogP contribution in [0.5, 0.6) is 0 Å². The van der Waals surface area contributed by atoms with Gasteiger partial charge < -0.3 is 20.9 Å². The van der Waals surface area contributed by atoms with Gasteiger partial charge in [-0.2, -0.15) is 0 Å². The van der Waals surface area contributed by atoms with Crippen LogP contribution in [-0.4, -0.2) is 42.0 Å². The van der Waals surface area contributed by atoms with E-state index in [-0.39, 0.29) is 11.4 Å². The van der Waals surface area contributed by atoms with Crippen LogP contribution in [-0.2, 0) is 0 Å². The lowest BCUT2D eigenvalue weighted by Gasteiger charge is -2.47. The molecule has 1 fully saturated rings. The summed E-state index contributed by atoms with van der Waals surface area (Å²) in [7, 11) is 4.13. The van der Waals surface area contributed by atoms with Crippen LogP contribution < -0.4 is 11.1 Å². The Labute approximate surface area is 101 Å². The second-order valence-electron chi connectivity index (χ2n) is 5.00. The first kappa shape index (κ1) is 12.0. The number of nitrogen functional groups attached to an aromatic ring is 1. The first-order chi connectivity index (χ1) is 8.03. The number of rotatable bonds is 4. The minimum absolute atomic E-state index is 0.0881. The summed E-state index contributed by atoms with van der Waals surface area (Å²) >= 11 is 0. The Morgan fingerprint density at radius 3 is 2.71 bits per heavy atom. The van der Waals surface area contributed by atoms with Crippen molar-refractivity contribution in [1.82, 2.24) is 15.2 Å². The number of amides is 1. The van der Waals surface area contributed by atoms with Crippen molar-refractivity contribution in [3.05, 3.63) is 18.0 Å². The van der Waals surface area contributed by atoms with E-state index in [0.717, 1.165) is 12.8 Å². The predicted octanol–water partition coefficient (Wildman–Crippen LogP) is 0.811. The third-order valence-corrected chi connectivity index (χ3v) is 3.76. The maximum absolute atomic E-state index is 11.9. The average Bonchev–Trinajstić information content (AvgIpc) is 2.62. The molecule has 0 aromatic carbocycles. The molecule has 5 nitrogen and oxygen atoms in total. The van der Waals surface area contributed by atoms with Crippen LogP contribution in [0.3, 0.4) is 0 Å². The molecule has 5 heteroatoms. The summed E-state index contributed by atoms with van der Waals surface area (Å²) in [5.41, 5.74) is 6.82. The monoisotopic (exact) mass is 236 g/mol. The maximum atomic E-state index is 11.9. The fourth-order valence-electron chi connectivity index (χ4n) is 2.25. The van der Waals surface area contributed by atoms with Crippen molar-refractivity contribution in [3.8, 4) is 0 Å². The summed E-state index contributed by atoms with van der Waals surface area (Å²) in [4.78, 5) is 16.9. The molecule has 1 amide bonds. The Hall–Kier alpha value is -1.49. The van der Waals surface area contributed by atoms with E-state index < -0.39 is 0 Å². The summed E-state index contributed by atoms with van der Waals surface area (Å²) < 4.78 is 0. The van der Waals surface area contributed by atoms with E-state index in [1.165, 1.54) is 6.42 Å². The number of hydrogen-bond donors (Lipinski definition) is 3. The van der Waals surface area contributed by atoms with Gasteiger partial charge in [-0.3, -0.25) is 4.79 Å². The minimum atomic E-state index is -0.0881. The fourth-order valence-corrected chi connectivity index (χ4v) is 2.25. The Kier molecular flexibility index (Phi) is 3.11. The Bertz CT molecular complexity index is 406. The molecule has 1 aromatic rings. The molecule has 0 atom stereocenters. The van der Waals surface area contributed by atoms with Crippen molar-refractivity contribution in [3.63, 3.8) is 0 Å². The predicted molar refractivity (Wildman–Crippen MR) is 67.8 cm³/mol. The quantitative estimate of drug-likeness (QED) is 0.724. The first-order valence-corrected chi connectivity index (χ1v) is 5.93. The van der Waals surface area contributed by atoms with Gasteiger partial charge in [-0.1, -0.05) is 0 Å². The van der Waals surface area contributed by atoms with Gasteiger partial charge in [-0.25, -0.2) is 0 Å². The minimum Gasteiger partial charge on any atom is -0.397 e. The summed E-state index contributed by atoms with van der Waals surface area (Å²) in [5, 5.41) is 2.97. The number of H-pyrrole nitrogens is 1. The molecular formula is C12H20N4O. The lowest BCUT2D eigenvalue weighted by atomic mass is 9.75. The number of carbonyl (C=O) groups excluding carboxylic acids is 1. The molecule has 1 aromatic heterocycles. The number of anilines is 1. The number of hydrogen-bond acceptors (Lipinski definition) is 3. The molecule has 2 rings (SSSR count). The number of aromatic nitrogens is 1. The largest absolute Gasteiger partial charge is 0.397 e. The van der Waals surface area contributed by atoms with Crippen LogP contribution in [0.4, 0.5) is 5.69 Å². The molecule has 1 saturated carbocycles. The van der Waals surface area contributed by atoms with E-state index in [1.807, 2.05) is 0 Å². The molecular weight excluding hydrogens is 216 g/mol. The number of aromatic amines is 1. The van der Waals surface area contributed by atoms with Crippen LogP contribution in [0.25, 0.3) is 0 Å².